The van der Waals surface area contributed by atoms with Gasteiger partial charge in [0, 0.05) is 18.1 Å². The van der Waals surface area contributed by atoms with E-state index in [0.29, 0.717) is 36.0 Å². The van der Waals surface area contributed by atoms with Gasteiger partial charge in [-0.25, -0.2) is 4.39 Å². The van der Waals surface area contributed by atoms with Crippen LogP contribution in [-0.4, -0.2) is 35.8 Å². The Labute approximate surface area is 155 Å². The summed E-state index contributed by atoms with van der Waals surface area (Å²) in [4.78, 5) is 26.6. The van der Waals surface area contributed by atoms with Gasteiger partial charge in [-0.05, 0) is 55.8 Å². The zero-order valence-corrected chi connectivity index (χ0v) is 14.9. The largest absolute Gasteiger partial charge is 0.457 e. The zero-order valence-electron chi connectivity index (χ0n) is 14.2. The van der Waals surface area contributed by atoms with Crippen LogP contribution in [0.4, 0.5) is 4.39 Å². The van der Waals surface area contributed by atoms with E-state index in [9.17, 15) is 14.0 Å². The minimum Gasteiger partial charge on any atom is -0.457 e. The fraction of sp³-hybridized carbons (Fsp3) is 0.263. The fourth-order valence-electron chi connectivity index (χ4n) is 2.76. The Kier molecular flexibility index (Phi) is 5.42. The number of carbonyl (C=O) groups is 2. The molecule has 1 fully saturated rings. The van der Waals surface area contributed by atoms with Gasteiger partial charge < -0.3 is 15.0 Å². The average molecular weight is 377 g/mol. The summed E-state index contributed by atoms with van der Waals surface area (Å²) in [7, 11) is 0. The molecule has 1 heterocycles. The van der Waals surface area contributed by atoms with Crippen molar-refractivity contribution in [1.82, 2.24) is 10.2 Å². The van der Waals surface area contributed by atoms with Crippen LogP contribution in [0.15, 0.2) is 42.5 Å². The lowest BCUT2D eigenvalue weighted by Crippen LogP contribution is -2.45. The number of rotatable bonds is 3. The number of ether oxygens (including phenoxy) is 1. The summed E-state index contributed by atoms with van der Waals surface area (Å²) in [5.74, 6) is -0.227. The molecule has 1 saturated heterocycles. The van der Waals surface area contributed by atoms with Crippen molar-refractivity contribution in [2.45, 2.75) is 19.4 Å². The Balaban J connectivity index is 1.92. The van der Waals surface area contributed by atoms with E-state index >= 15 is 0 Å². The highest BCUT2D eigenvalue weighted by Gasteiger charge is 2.30. The lowest BCUT2D eigenvalue weighted by Gasteiger charge is -2.26. The number of hydrogen-bond donors (Lipinski definition) is 1. The van der Waals surface area contributed by atoms with Crippen molar-refractivity contribution < 1.29 is 18.7 Å². The van der Waals surface area contributed by atoms with Crippen LogP contribution in [-0.2, 0) is 4.79 Å². The second-order valence-corrected chi connectivity index (χ2v) is 6.45. The van der Waals surface area contributed by atoms with E-state index in [2.05, 4.69) is 5.32 Å². The quantitative estimate of drug-likeness (QED) is 0.890. The van der Waals surface area contributed by atoms with E-state index in [1.54, 1.807) is 19.1 Å². The third-order valence-corrected chi connectivity index (χ3v) is 4.43. The summed E-state index contributed by atoms with van der Waals surface area (Å²) >= 11 is 6.07. The van der Waals surface area contributed by atoms with Gasteiger partial charge in [0.15, 0.2) is 0 Å². The molecular weight excluding hydrogens is 359 g/mol. The topological polar surface area (TPSA) is 58.6 Å². The maximum Gasteiger partial charge on any atom is 0.258 e. The number of benzene rings is 2. The summed E-state index contributed by atoms with van der Waals surface area (Å²) in [6, 6.07) is 9.60. The molecule has 1 N–H and O–H groups in total. The normalized spacial score (nSPS) is 17.4. The molecule has 26 heavy (non-hydrogen) atoms. The van der Waals surface area contributed by atoms with Crippen LogP contribution in [0.1, 0.15) is 23.7 Å². The number of nitrogens with zero attached hydrogens (tertiary/aromatic N) is 1. The predicted octanol–water partition coefficient (Wildman–Crippen LogP) is 3.62. The molecule has 2 amide bonds. The third-order valence-electron chi connectivity index (χ3n) is 4.20. The van der Waals surface area contributed by atoms with Crippen molar-refractivity contribution in [3.8, 4) is 11.5 Å². The van der Waals surface area contributed by atoms with Crippen LogP contribution in [0.2, 0.25) is 5.02 Å². The Bertz CT molecular complexity index is 826. The molecular formula is C19H18ClFN2O3. The van der Waals surface area contributed by atoms with Gasteiger partial charge in [-0.2, -0.15) is 0 Å². The molecule has 1 aliphatic rings. The molecule has 1 aliphatic heterocycles. The minimum absolute atomic E-state index is 0.195. The van der Waals surface area contributed by atoms with Crippen molar-refractivity contribution in [3.05, 3.63) is 58.9 Å². The van der Waals surface area contributed by atoms with E-state index in [1.165, 1.54) is 35.2 Å². The summed E-state index contributed by atoms with van der Waals surface area (Å²) in [6.45, 7) is 2.66. The molecule has 0 saturated carbocycles. The SMILES string of the molecule is C[C@H]1C(=O)NCCCN1C(=O)c1cc(Cl)ccc1Oc1ccc(F)cc1. The highest BCUT2D eigenvalue weighted by molar-refractivity contribution is 6.31. The molecule has 0 spiro atoms. The van der Waals surface area contributed by atoms with Gasteiger partial charge in [-0.15, -0.1) is 0 Å². The first-order valence-electron chi connectivity index (χ1n) is 8.27. The van der Waals surface area contributed by atoms with E-state index in [-0.39, 0.29) is 23.2 Å². The first kappa shape index (κ1) is 18.2. The maximum atomic E-state index is 13.1. The third kappa shape index (κ3) is 3.96. The number of amides is 2. The predicted molar refractivity (Wildman–Crippen MR) is 96.1 cm³/mol. The van der Waals surface area contributed by atoms with Gasteiger partial charge in [0.05, 0.1) is 5.56 Å². The first-order chi connectivity index (χ1) is 12.5. The second-order valence-electron chi connectivity index (χ2n) is 6.02. The van der Waals surface area contributed by atoms with Crippen LogP contribution in [0.3, 0.4) is 0 Å². The summed E-state index contributed by atoms with van der Waals surface area (Å²) in [5, 5.41) is 3.16. The molecule has 2 aromatic rings. The van der Waals surface area contributed by atoms with Gasteiger partial charge in [0.2, 0.25) is 5.91 Å². The fourth-order valence-corrected chi connectivity index (χ4v) is 2.94. The second kappa shape index (κ2) is 7.74. The van der Waals surface area contributed by atoms with Gasteiger partial charge in [-0.1, -0.05) is 11.6 Å². The molecule has 3 rings (SSSR count). The van der Waals surface area contributed by atoms with Crippen molar-refractivity contribution in [2.24, 2.45) is 0 Å². The highest BCUT2D eigenvalue weighted by atomic mass is 35.5. The number of nitrogens with one attached hydrogen (secondary N) is 1. The molecule has 7 heteroatoms. The smallest absolute Gasteiger partial charge is 0.258 e. The zero-order chi connectivity index (χ0) is 18.7. The standard InChI is InChI=1S/C19H18ClFN2O3/c1-12-18(24)22-9-2-10-23(12)19(25)16-11-13(20)3-8-17(16)26-15-6-4-14(21)5-7-15/h3-8,11-12H,2,9-10H2,1H3,(H,22,24)/t12-/m0/s1. The summed E-state index contributed by atoms with van der Waals surface area (Å²) < 4.78 is 18.8. The molecule has 0 radical (unpaired) electrons. The monoisotopic (exact) mass is 376 g/mol. The Morgan fingerprint density at radius 2 is 2.00 bits per heavy atom. The lowest BCUT2D eigenvalue weighted by molar-refractivity contribution is -0.124. The maximum absolute atomic E-state index is 13.1. The summed E-state index contributed by atoms with van der Waals surface area (Å²) in [6.07, 6.45) is 0.663. The van der Waals surface area contributed by atoms with E-state index in [1.807, 2.05) is 0 Å². The molecule has 0 unspecified atom stereocenters. The van der Waals surface area contributed by atoms with Crippen molar-refractivity contribution in [2.75, 3.05) is 13.1 Å². The first-order valence-corrected chi connectivity index (χ1v) is 8.65. The van der Waals surface area contributed by atoms with E-state index in [0.717, 1.165) is 0 Å². The number of halogens is 2. The molecule has 136 valence electrons. The lowest BCUT2D eigenvalue weighted by atomic mass is 10.1. The Morgan fingerprint density at radius 1 is 1.27 bits per heavy atom. The van der Waals surface area contributed by atoms with Crippen molar-refractivity contribution in [1.29, 1.82) is 0 Å². The van der Waals surface area contributed by atoms with Crippen LogP contribution in [0.25, 0.3) is 0 Å². The van der Waals surface area contributed by atoms with Gasteiger partial charge in [-0.3, -0.25) is 9.59 Å². The molecule has 0 aromatic heterocycles. The van der Waals surface area contributed by atoms with Gasteiger partial charge >= 0.3 is 0 Å². The molecule has 0 aliphatic carbocycles. The van der Waals surface area contributed by atoms with Gasteiger partial charge in [0.25, 0.3) is 5.91 Å². The molecule has 5 nitrogen and oxygen atoms in total. The number of carbonyl (C=O) groups excluding carboxylic acids is 2. The Morgan fingerprint density at radius 3 is 2.73 bits per heavy atom. The minimum atomic E-state index is -0.595. The highest BCUT2D eigenvalue weighted by Crippen LogP contribution is 2.30. The van der Waals surface area contributed by atoms with Crippen LogP contribution in [0, 0.1) is 5.82 Å². The average Bonchev–Trinajstić information content (AvgIpc) is 2.79. The van der Waals surface area contributed by atoms with E-state index < -0.39 is 6.04 Å². The molecule has 0 bridgehead atoms. The van der Waals surface area contributed by atoms with Crippen LogP contribution in [0.5, 0.6) is 11.5 Å². The van der Waals surface area contributed by atoms with Crippen molar-refractivity contribution in [3.63, 3.8) is 0 Å². The van der Waals surface area contributed by atoms with Crippen LogP contribution >= 0.6 is 11.6 Å². The van der Waals surface area contributed by atoms with Crippen LogP contribution < -0.4 is 10.1 Å². The van der Waals surface area contributed by atoms with E-state index in [4.69, 9.17) is 16.3 Å². The molecule has 2 aromatic carbocycles. The summed E-state index contributed by atoms with van der Waals surface area (Å²) in [5.41, 5.74) is 0.253. The molecule has 1 atom stereocenters. The number of hydrogen-bond acceptors (Lipinski definition) is 3. The van der Waals surface area contributed by atoms with Crippen molar-refractivity contribution >= 4 is 23.4 Å². The Hall–Kier alpha value is -2.60. The van der Waals surface area contributed by atoms with Gasteiger partial charge in [0.1, 0.15) is 23.4 Å².